The summed E-state index contributed by atoms with van der Waals surface area (Å²) in [5, 5.41) is 24.7. The molecular weight excluding hydrogens is 255 g/mol. The fourth-order valence-corrected chi connectivity index (χ4v) is 0. The molecule has 0 aliphatic heterocycles. The quantitative estimate of drug-likeness (QED) is 0.730. The minimum Gasteiger partial charge on any atom is -0.396 e. The van der Waals surface area contributed by atoms with E-state index in [1.807, 2.05) is 48.5 Å². The van der Waals surface area contributed by atoms with Crippen LogP contribution in [0.25, 0.3) is 0 Å². The maximum absolute atomic E-state index is 8.40. The van der Waals surface area contributed by atoms with Crippen LogP contribution in [-0.2, 0) is 18.6 Å². The minimum absolute atomic E-state index is 0. The van der Waals surface area contributed by atoms with Crippen molar-refractivity contribution in [2.24, 2.45) is 17.3 Å². The van der Waals surface area contributed by atoms with Crippen molar-refractivity contribution >= 4 is 0 Å². The smallest absolute Gasteiger partial charge is 0.0479 e. The Morgan fingerprint density at radius 1 is 0.765 bits per heavy atom. The van der Waals surface area contributed by atoms with Crippen molar-refractivity contribution in [2.45, 2.75) is 48.5 Å². The van der Waals surface area contributed by atoms with Crippen molar-refractivity contribution in [1.29, 1.82) is 0 Å². The van der Waals surface area contributed by atoms with Crippen molar-refractivity contribution in [3.63, 3.8) is 0 Å². The molecule has 17 heavy (non-hydrogen) atoms. The summed E-state index contributed by atoms with van der Waals surface area (Å²) in [6.45, 7) is 14.7. The molecule has 0 bridgehead atoms. The van der Waals surface area contributed by atoms with Crippen LogP contribution in [-0.4, -0.2) is 35.1 Å². The Bertz CT molecular complexity index is 112. The van der Waals surface area contributed by atoms with Gasteiger partial charge in [-0.05, 0) is 17.3 Å². The number of rotatable bonds is 2. The number of aliphatic hydroxyl groups excluding tert-OH is 3. The van der Waals surface area contributed by atoms with Gasteiger partial charge in [-0.3, -0.25) is 0 Å². The van der Waals surface area contributed by atoms with E-state index in [0.717, 1.165) is 0 Å². The third kappa shape index (κ3) is 61.8. The molecule has 0 spiro atoms. The Morgan fingerprint density at radius 3 is 0.882 bits per heavy atom. The van der Waals surface area contributed by atoms with Crippen LogP contribution in [0.15, 0.2) is 0 Å². The molecule has 3 N–H and O–H groups in total. The first-order valence-corrected chi connectivity index (χ1v) is 5.93. The zero-order valence-electron chi connectivity index (χ0n) is 12.6. The Balaban J connectivity index is -0.0000000729. The predicted molar refractivity (Wildman–Crippen MR) is 70.4 cm³/mol. The zero-order chi connectivity index (χ0) is 13.8. The molecule has 0 saturated heterocycles. The third-order valence-electron chi connectivity index (χ3n) is 1.20. The summed E-state index contributed by atoms with van der Waals surface area (Å²) in [7, 11) is 0. The van der Waals surface area contributed by atoms with Crippen molar-refractivity contribution in [3.05, 3.63) is 0 Å². The molecular formula is C13H32O3V. The summed E-state index contributed by atoms with van der Waals surface area (Å²) >= 11 is 0. The van der Waals surface area contributed by atoms with Gasteiger partial charge in [0.25, 0.3) is 0 Å². The number of hydrogen-bond donors (Lipinski definition) is 3. The monoisotopic (exact) mass is 287 g/mol. The first-order valence-electron chi connectivity index (χ1n) is 5.93. The van der Waals surface area contributed by atoms with Gasteiger partial charge < -0.3 is 15.3 Å². The van der Waals surface area contributed by atoms with Crippen LogP contribution in [0.4, 0.5) is 0 Å². The summed E-state index contributed by atoms with van der Waals surface area (Å²) in [4.78, 5) is 0. The number of aliphatic hydroxyl groups is 3. The van der Waals surface area contributed by atoms with E-state index in [9.17, 15) is 0 Å². The van der Waals surface area contributed by atoms with Gasteiger partial charge in [-0.15, -0.1) is 0 Å². The molecule has 0 aliphatic rings. The fourth-order valence-electron chi connectivity index (χ4n) is 0. The minimum atomic E-state index is 0. The molecule has 0 fully saturated rings. The van der Waals surface area contributed by atoms with E-state index >= 15 is 0 Å². The van der Waals surface area contributed by atoms with Gasteiger partial charge in [0, 0.05) is 38.4 Å². The van der Waals surface area contributed by atoms with E-state index in [0.29, 0.717) is 25.0 Å². The molecule has 0 rings (SSSR count). The molecule has 0 aromatic carbocycles. The normalized spacial score (nSPS) is 9.88. The van der Waals surface area contributed by atoms with Gasteiger partial charge in [0.1, 0.15) is 0 Å². The maximum atomic E-state index is 8.40. The molecule has 0 aliphatic carbocycles. The van der Waals surface area contributed by atoms with Gasteiger partial charge in [0.05, 0.1) is 0 Å². The van der Waals surface area contributed by atoms with Gasteiger partial charge >= 0.3 is 0 Å². The van der Waals surface area contributed by atoms with E-state index < -0.39 is 0 Å². The number of hydrogen-bond acceptors (Lipinski definition) is 3. The van der Waals surface area contributed by atoms with Crippen molar-refractivity contribution in [2.75, 3.05) is 19.8 Å². The molecule has 4 heteroatoms. The van der Waals surface area contributed by atoms with E-state index in [2.05, 4.69) is 0 Å². The molecule has 0 atom stereocenters. The standard InChI is InChI=1S/C5H12O.2C4H10O.V/c1-5(2,3)4-6;2*1-4(2)3-5;/h6H,4H2,1-3H3;2*4-5H,3H2,1-2H3;. The SMILES string of the molecule is CC(C)(C)CO.CC(C)CO.CC(C)CO.[V]. The first kappa shape index (κ1) is 26.1. The first-order chi connectivity index (χ1) is 7.10. The van der Waals surface area contributed by atoms with Crippen LogP contribution >= 0.6 is 0 Å². The molecule has 0 aromatic heterocycles. The topological polar surface area (TPSA) is 60.7 Å². The zero-order valence-corrected chi connectivity index (χ0v) is 14.0. The Morgan fingerprint density at radius 2 is 0.882 bits per heavy atom. The van der Waals surface area contributed by atoms with Crippen LogP contribution < -0.4 is 0 Å². The largest absolute Gasteiger partial charge is 0.396 e. The van der Waals surface area contributed by atoms with E-state index in [1.165, 1.54) is 0 Å². The van der Waals surface area contributed by atoms with E-state index in [1.54, 1.807) is 0 Å². The van der Waals surface area contributed by atoms with Crippen molar-refractivity contribution < 1.29 is 33.9 Å². The second-order valence-corrected chi connectivity index (χ2v) is 5.87. The summed E-state index contributed by atoms with van der Waals surface area (Å²) in [5.74, 6) is 0.880. The summed E-state index contributed by atoms with van der Waals surface area (Å²) < 4.78 is 0. The third-order valence-corrected chi connectivity index (χ3v) is 1.20. The van der Waals surface area contributed by atoms with Crippen LogP contribution in [0.1, 0.15) is 48.5 Å². The maximum Gasteiger partial charge on any atom is 0.0479 e. The molecule has 3 nitrogen and oxygen atoms in total. The van der Waals surface area contributed by atoms with Gasteiger partial charge in [-0.2, -0.15) is 0 Å². The van der Waals surface area contributed by atoms with Gasteiger partial charge in [-0.1, -0.05) is 48.5 Å². The van der Waals surface area contributed by atoms with Crippen LogP contribution in [0.3, 0.4) is 0 Å². The molecule has 107 valence electrons. The van der Waals surface area contributed by atoms with Crippen molar-refractivity contribution in [3.8, 4) is 0 Å². The molecule has 0 heterocycles. The van der Waals surface area contributed by atoms with Crippen LogP contribution in [0, 0.1) is 17.3 Å². The Hall–Kier alpha value is 0.464. The molecule has 0 unspecified atom stereocenters. The average molecular weight is 287 g/mol. The van der Waals surface area contributed by atoms with Gasteiger partial charge in [0.15, 0.2) is 0 Å². The summed E-state index contributed by atoms with van der Waals surface area (Å²) in [6.07, 6.45) is 0. The molecule has 0 saturated carbocycles. The van der Waals surface area contributed by atoms with Crippen LogP contribution in [0.2, 0.25) is 0 Å². The van der Waals surface area contributed by atoms with Gasteiger partial charge in [-0.25, -0.2) is 0 Å². The Kier molecular flexibility index (Phi) is 25.3. The van der Waals surface area contributed by atoms with Crippen molar-refractivity contribution in [1.82, 2.24) is 0 Å². The van der Waals surface area contributed by atoms with E-state index in [4.69, 9.17) is 15.3 Å². The molecule has 0 amide bonds. The second-order valence-electron chi connectivity index (χ2n) is 5.87. The fraction of sp³-hybridized carbons (Fsp3) is 1.00. The molecule has 0 aromatic rings. The average Bonchev–Trinajstić information content (AvgIpc) is 2.18. The Labute approximate surface area is 120 Å². The summed E-state index contributed by atoms with van der Waals surface area (Å²) in [6, 6.07) is 0. The van der Waals surface area contributed by atoms with Crippen LogP contribution in [0.5, 0.6) is 0 Å². The molecule has 1 radical (unpaired) electrons. The predicted octanol–water partition coefficient (Wildman–Crippen LogP) is 2.29. The summed E-state index contributed by atoms with van der Waals surface area (Å²) in [5.41, 5.74) is 0.0972. The second kappa shape index (κ2) is 16.5. The van der Waals surface area contributed by atoms with Gasteiger partial charge in [0.2, 0.25) is 0 Å². The van der Waals surface area contributed by atoms with E-state index in [-0.39, 0.29) is 30.6 Å².